The van der Waals surface area contributed by atoms with Crippen molar-refractivity contribution in [3.63, 3.8) is 0 Å². The van der Waals surface area contributed by atoms with Gasteiger partial charge in [0.15, 0.2) is 0 Å². The Kier molecular flexibility index (Phi) is 6.03. The van der Waals surface area contributed by atoms with Crippen LogP contribution in [0.25, 0.3) is 0 Å². The second-order valence-corrected chi connectivity index (χ2v) is 5.15. The van der Waals surface area contributed by atoms with Crippen molar-refractivity contribution >= 4 is 5.69 Å². The van der Waals surface area contributed by atoms with Crippen molar-refractivity contribution in [2.45, 2.75) is 53.4 Å². The number of aryl methyl sites for hydroxylation is 1. The van der Waals surface area contributed by atoms with E-state index in [1.54, 1.807) is 0 Å². The first kappa shape index (κ1) is 14.9. The monoisotopic (exact) mass is 249 g/mol. The highest BCUT2D eigenvalue weighted by Crippen LogP contribution is 2.28. The number of hydrogen-bond acceptors (Lipinski definition) is 2. The summed E-state index contributed by atoms with van der Waals surface area (Å²) in [7, 11) is 0. The van der Waals surface area contributed by atoms with E-state index in [0.29, 0.717) is 5.92 Å². The highest BCUT2D eigenvalue weighted by Gasteiger charge is 2.11. The Morgan fingerprint density at radius 1 is 1.22 bits per heavy atom. The molecule has 0 heterocycles. The highest BCUT2D eigenvalue weighted by molar-refractivity contribution is 5.56. The van der Waals surface area contributed by atoms with E-state index < -0.39 is 0 Å². The summed E-state index contributed by atoms with van der Waals surface area (Å²) in [6.45, 7) is 9.39. The molecule has 0 amide bonds. The molecule has 0 saturated carbocycles. The zero-order valence-corrected chi connectivity index (χ0v) is 12.3. The third kappa shape index (κ3) is 3.94. The van der Waals surface area contributed by atoms with Gasteiger partial charge in [0, 0.05) is 11.3 Å². The quantitative estimate of drug-likeness (QED) is 0.723. The molecular formula is C16H27NO. The summed E-state index contributed by atoms with van der Waals surface area (Å²) in [6.07, 6.45) is 4.98. The number of anilines is 1. The van der Waals surface area contributed by atoms with Gasteiger partial charge in [0.1, 0.15) is 5.75 Å². The molecule has 18 heavy (non-hydrogen) atoms. The average molecular weight is 249 g/mol. The number of nitrogen functional groups attached to an aromatic ring is 1. The van der Waals surface area contributed by atoms with Gasteiger partial charge in [-0.3, -0.25) is 0 Å². The van der Waals surface area contributed by atoms with Gasteiger partial charge in [0.2, 0.25) is 0 Å². The van der Waals surface area contributed by atoms with E-state index in [9.17, 15) is 0 Å². The van der Waals surface area contributed by atoms with Crippen molar-refractivity contribution in [3.8, 4) is 5.75 Å². The molecule has 1 aromatic rings. The topological polar surface area (TPSA) is 35.2 Å². The molecule has 102 valence electrons. The Balaban J connectivity index is 2.64. The number of nitrogens with two attached hydrogens (primary N) is 1. The average Bonchev–Trinajstić information content (AvgIpc) is 2.37. The fourth-order valence-corrected chi connectivity index (χ4v) is 2.16. The fourth-order valence-electron chi connectivity index (χ4n) is 2.16. The third-order valence-corrected chi connectivity index (χ3v) is 3.65. The first-order valence-electron chi connectivity index (χ1n) is 7.08. The van der Waals surface area contributed by atoms with E-state index in [2.05, 4.69) is 20.8 Å². The predicted molar refractivity (Wildman–Crippen MR) is 79.1 cm³/mol. The lowest BCUT2D eigenvalue weighted by molar-refractivity contribution is 0.231. The van der Waals surface area contributed by atoms with Crippen LogP contribution in [0.3, 0.4) is 0 Å². The molecule has 0 radical (unpaired) electrons. The van der Waals surface area contributed by atoms with Crippen molar-refractivity contribution in [1.82, 2.24) is 0 Å². The standard InChI is InChI=1S/C16H27NO/c1-5-7-8-14(6-2)11-18-16-12(3)9-10-15(17)13(16)4/h9-10,14H,5-8,11,17H2,1-4H3. The van der Waals surface area contributed by atoms with Gasteiger partial charge in [-0.25, -0.2) is 0 Å². The van der Waals surface area contributed by atoms with Gasteiger partial charge in [0.05, 0.1) is 6.61 Å². The summed E-state index contributed by atoms with van der Waals surface area (Å²) in [5, 5.41) is 0. The largest absolute Gasteiger partial charge is 0.493 e. The maximum atomic E-state index is 6.02. The molecule has 0 aromatic heterocycles. The number of hydrogen-bond donors (Lipinski definition) is 1. The van der Waals surface area contributed by atoms with Gasteiger partial charge in [-0.1, -0.05) is 39.2 Å². The molecule has 0 saturated heterocycles. The van der Waals surface area contributed by atoms with Crippen molar-refractivity contribution in [3.05, 3.63) is 23.3 Å². The SMILES string of the molecule is CCCCC(CC)COc1c(C)ccc(N)c1C. The summed E-state index contributed by atoms with van der Waals surface area (Å²) < 4.78 is 6.02. The van der Waals surface area contributed by atoms with Crippen LogP contribution in [0.2, 0.25) is 0 Å². The van der Waals surface area contributed by atoms with E-state index in [1.165, 1.54) is 31.2 Å². The molecule has 0 aliphatic carbocycles. The summed E-state index contributed by atoms with van der Waals surface area (Å²) >= 11 is 0. The molecule has 1 unspecified atom stereocenters. The maximum absolute atomic E-state index is 6.02. The van der Waals surface area contributed by atoms with Crippen LogP contribution >= 0.6 is 0 Å². The highest BCUT2D eigenvalue weighted by atomic mass is 16.5. The molecular weight excluding hydrogens is 222 g/mol. The first-order chi connectivity index (χ1) is 8.60. The minimum atomic E-state index is 0.658. The Labute approximate surface area is 112 Å². The zero-order valence-electron chi connectivity index (χ0n) is 12.3. The van der Waals surface area contributed by atoms with E-state index >= 15 is 0 Å². The van der Waals surface area contributed by atoms with Crippen molar-refractivity contribution in [2.75, 3.05) is 12.3 Å². The van der Waals surface area contributed by atoms with Crippen LogP contribution in [-0.4, -0.2) is 6.61 Å². The van der Waals surface area contributed by atoms with Crippen LogP contribution < -0.4 is 10.5 Å². The van der Waals surface area contributed by atoms with E-state index in [0.717, 1.165) is 23.6 Å². The van der Waals surface area contributed by atoms with Crippen LogP contribution in [0.5, 0.6) is 5.75 Å². The first-order valence-corrected chi connectivity index (χ1v) is 7.08. The summed E-state index contributed by atoms with van der Waals surface area (Å²) in [4.78, 5) is 0. The van der Waals surface area contributed by atoms with Crippen molar-refractivity contribution in [1.29, 1.82) is 0 Å². The lowest BCUT2D eigenvalue weighted by Crippen LogP contribution is -2.12. The van der Waals surface area contributed by atoms with Crippen LogP contribution in [0.15, 0.2) is 12.1 Å². The van der Waals surface area contributed by atoms with Crippen LogP contribution in [-0.2, 0) is 0 Å². The molecule has 0 aliphatic rings. The molecule has 0 spiro atoms. The molecule has 1 atom stereocenters. The molecule has 2 N–H and O–H groups in total. The predicted octanol–water partition coefficient (Wildman–Crippen LogP) is 4.48. The second kappa shape index (κ2) is 7.30. The molecule has 0 fully saturated rings. The normalized spacial score (nSPS) is 12.4. The number of benzene rings is 1. The molecule has 0 aliphatic heterocycles. The van der Waals surface area contributed by atoms with E-state index in [1.807, 2.05) is 19.1 Å². The number of rotatable bonds is 7. The van der Waals surface area contributed by atoms with Crippen LogP contribution in [0, 0.1) is 19.8 Å². The van der Waals surface area contributed by atoms with Gasteiger partial charge in [-0.05, 0) is 37.8 Å². The summed E-state index contributed by atoms with van der Waals surface area (Å²) in [6, 6.07) is 3.98. The maximum Gasteiger partial charge on any atom is 0.127 e. The van der Waals surface area contributed by atoms with E-state index in [-0.39, 0.29) is 0 Å². The van der Waals surface area contributed by atoms with Crippen LogP contribution in [0.4, 0.5) is 5.69 Å². The molecule has 1 rings (SSSR count). The smallest absolute Gasteiger partial charge is 0.127 e. The van der Waals surface area contributed by atoms with Gasteiger partial charge in [-0.2, -0.15) is 0 Å². The minimum absolute atomic E-state index is 0.658. The van der Waals surface area contributed by atoms with Crippen LogP contribution in [0.1, 0.15) is 50.7 Å². The summed E-state index contributed by atoms with van der Waals surface area (Å²) in [5.74, 6) is 1.63. The van der Waals surface area contributed by atoms with Gasteiger partial charge >= 0.3 is 0 Å². The summed E-state index contributed by atoms with van der Waals surface area (Å²) in [5.41, 5.74) is 8.99. The molecule has 2 nitrogen and oxygen atoms in total. The van der Waals surface area contributed by atoms with Gasteiger partial charge in [0.25, 0.3) is 0 Å². The minimum Gasteiger partial charge on any atom is -0.493 e. The lowest BCUT2D eigenvalue weighted by Gasteiger charge is -2.18. The number of ether oxygens (including phenoxy) is 1. The molecule has 2 heteroatoms. The third-order valence-electron chi connectivity index (χ3n) is 3.65. The second-order valence-electron chi connectivity index (χ2n) is 5.15. The fraction of sp³-hybridized carbons (Fsp3) is 0.625. The lowest BCUT2D eigenvalue weighted by atomic mass is 10.0. The molecule has 0 bridgehead atoms. The molecule has 1 aromatic carbocycles. The van der Waals surface area contributed by atoms with Crippen molar-refractivity contribution in [2.24, 2.45) is 5.92 Å². The zero-order chi connectivity index (χ0) is 13.5. The number of unbranched alkanes of at least 4 members (excludes halogenated alkanes) is 1. The van der Waals surface area contributed by atoms with Crippen molar-refractivity contribution < 1.29 is 4.74 Å². The van der Waals surface area contributed by atoms with E-state index in [4.69, 9.17) is 10.5 Å². The Bertz CT molecular complexity index is 374. The van der Waals surface area contributed by atoms with Gasteiger partial charge < -0.3 is 10.5 Å². The Morgan fingerprint density at radius 2 is 1.94 bits per heavy atom. The van der Waals surface area contributed by atoms with Gasteiger partial charge in [-0.15, -0.1) is 0 Å². The Hall–Kier alpha value is -1.18. The Morgan fingerprint density at radius 3 is 2.56 bits per heavy atom.